The van der Waals surface area contributed by atoms with Crippen LogP contribution in [0, 0.1) is 5.41 Å². The van der Waals surface area contributed by atoms with Gasteiger partial charge in [0.1, 0.15) is 5.69 Å². The number of aromatic amines is 1. The largest absolute Gasteiger partial charge is 0.573 e. The molecule has 1 saturated carbocycles. The number of hydrogen-bond acceptors (Lipinski definition) is 11. The van der Waals surface area contributed by atoms with E-state index < -0.39 is 12.3 Å². The molecule has 3 aliphatic heterocycles. The van der Waals surface area contributed by atoms with Crippen LogP contribution in [0.4, 0.5) is 36.2 Å². The molecule has 1 amide bonds. The van der Waals surface area contributed by atoms with Crippen molar-refractivity contribution in [2.45, 2.75) is 50.6 Å². The Kier molecular flexibility index (Phi) is 8.81. The van der Waals surface area contributed by atoms with Crippen LogP contribution in [0.1, 0.15) is 42.6 Å². The molecule has 2 aromatic heterocycles. The molecule has 1 aliphatic carbocycles. The van der Waals surface area contributed by atoms with E-state index in [0.29, 0.717) is 55.2 Å². The first-order valence-corrected chi connectivity index (χ1v) is 16.5. The number of piperidine rings is 1. The number of ether oxygens (including phenoxy) is 2. The number of primary amides is 1. The van der Waals surface area contributed by atoms with Crippen molar-refractivity contribution in [2.75, 3.05) is 75.1 Å². The summed E-state index contributed by atoms with van der Waals surface area (Å²) in [6.07, 6.45) is 1.14. The molecule has 16 heteroatoms. The van der Waals surface area contributed by atoms with Crippen LogP contribution in [0.3, 0.4) is 0 Å². The van der Waals surface area contributed by atoms with Crippen LogP contribution in [-0.2, 0) is 4.74 Å². The molecule has 0 bridgehead atoms. The molecule has 5 heterocycles. The van der Waals surface area contributed by atoms with Crippen molar-refractivity contribution in [3.8, 4) is 17.1 Å². The minimum Gasteiger partial charge on any atom is -0.403 e. The van der Waals surface area contributed by atoms with E-state index in [9.17, 15) is 18.0 Å². The van der Waals surface area contributed by atoms with Gasteiger partial charge in [0.25, 0.3) is 5.91 Å². The summed E-state index contributed by atoms with van der Waals surface area (Å²) in [7, 11) is 2.12. The van der Waals surface area contributed by atoms with E-state index in [4.69, 9.17) is 15.5 Å². The Morgan fingerprint density at radius 3 is 2.50 bits per heavy atom. The summed E-state index contributed by atoms with van der Waals surface area (Å²) in [5.74, 6) is -0.807. The van der Waals surface area contributed by atoms with Crippen LogP contribution < -0.4 is 26.0 Å². The first kappa shape index (κ1) is 32.4. The Morgan fingerprint density at radius 1 is 1.06 bits per heavy atom. The standard InChI is InChI=1S/C32H41F3N10O3/c1-43-13-15-44(16-14-43)21-5-11-45(12-6-21)23-3-2-20(18-24(23)48-32(33,34)35)38-30-27(28(36)46)40-26(22-4-10-37-42-22)29(41-30)39-25-7-17-47-19-31(25)8-9-31/h2-4,10,18,21,25H,5-9,11-17,19H2,1H3,(H2,36,46)(H,37,42)(H2,38,39,41). The number of nitrogens with zero attached hydrogens (tertiary/aromatic N) is 6. The minimum absolute atomic E-state index is 0.000234. The number of halogens is 3. The fourth-order valence-electron chi connectivity index (χ4n) is 7.15. The smallest absolute Gasteiger partial charge is 0.403 e. The Morgan fingerprint density at radius 2 is 1.83 bits per heavy atom. The predicted molar refractivity (Wildman–Crippen MR) is 173 cm³/mol. The molecule has 258 valence electrons. The number of carbonyl (C=O) groups excluding carboxylic acids is 1. The number of aromatic nitrogens is 4. The molecule has 3 saturated heterocycles. The summed E-state index contributed by atoms with van der Waals surface area (Å²) < 4.78 is 51.4. The maximum Gasteiger partial charge on any atom is 0.573 e. The van der Waals surface area contributed by atoms with Crippen LogP contribution in [0.25, 0.3) is 11.4 Å². The van der Waals surface area contributed by atoms with Crippen molar-refractivity contribution in [2.24, 2.45) is 11.1 Å². The van der Waals surface area contributed by atoms with Gasteiger partial charge in [-0.1, -0.05) is 0 Å². The summed E-state index contributed by atoms with van der Waals surface area (Å²) >= 11 is 0. The number of amides is 1. The lowest BCUT2D eigenvalue weighted by molar-refractivity contribution is -0.274. The zero-order valence-electron chi connectivity index (χ0n) is 26.9. The van der Waals surface area contributed by atoms with E-state index in [0.717, 1.165) is 58.3 Å². The molecule has 13 nitrogen and oxygen atoms in total. The summed E-state index contributed by atoms with van der Waals surface area (Å²) in [5, 5.41) is 13.4. The Hall–Kier alpha value is -4.15. The van der Waals surface area contributed by atoms with Crippen molar-refractivity contribution in [1.82, 2.24) is 30.0 Å². The van der Waals surface area contributed by atoms with E-state index in [-0.39, 0.29) is 34.4 Å². The van der Waals surface area contributed by atoms with E-state index in [2.05, 4.69) is 47.4 Å². The highest BCUT2D eigenvalue weighted by Crippen LogP contribution is 2.52. The zero-order valence-corrected chi connectivity index (χ0v) is 26.9. The zero-order chi connectivity index (χ0) is 33.5. The van der Waals surface area contributed by atoms with Gasteiger partial charge in [-0.25, -0.2) is 9.97 Å². The van der Waals surface area contributed by atoms with Crippen molar-refractivity contribution in [3.63, 3.8) is 0 Å². The lowest BCUT2D eigenvalue weighted by Crippen LogP contribution is -2.52. The van der Waals surface area contributed by atoms with Crippen molar-refractivity contribution in [3.05, 3.63) is 36.2 Å². The fourth-order valence-corrected chi connectivity index (χ4v) is 7.15. The van der Waals surface area contributed by atoms with Crippen LogP contribution in [0.15, 0.2) is 30.5 Å². The molecule has 48 heavy (non-hydrogen) atoms. The van der Waals surface area contributed by atoms with Gasteiger partial charge in [0.15, 0.2) is 23.1 Å². The van der Waals surface area contributed by atoms with Crippen molar-refractivity contribution >= 4 is 28.9 Å². The monoisotopic (exact) mass is 670 g/mol. The lowest BCUT2D eigenvalue weighted by Gasteiger charge is -2.42. The molecule has 3 aromatic rings. The van der Waals surface area contributed by atoms with E-state index in [1.54, 1.807) is 24.4 Å². The fraction of sp³-hybridized carbons (Fsp3) is 0.562. The molecule has 7 rings (SSSR count). The summed E-state index contributed by atoms with van der Waals surface area (Å²) in [4.78, 5) is 28.7. The third-order valence-corrected chi connectivity index (χ3v) is 10.1. The Labute approximate surface area is 276 Å². The van der Waals surface area contributed by atoms with Crippen molar-refractivity contribution < 1.29 is 27.4 Å². The van der Waals surface area contributed by atoms with E-state index in [1.165, 1.54) is 6.07 Å². The average molecular weight is 671 g/mol. The second-order valence-electron chi connectivity index (χ2n) is 13.3. The maximum atomic E-state index is 13.7. The van der Waals surface area contributed by atoms with Crippen LogP contribution in [-0.4, -0.2) is 114 Å². The molecule has 1 spiro atoms. The Bertz CT molecular complexity index is 1600. The molecule has 1 aromatic carbocycles. The topological polar surface area (TPSA) is 150 Å². The molecular formula is C32H41F3N10O3. The van der Waals surface area contributed by atoms with Gasteiger partial charge in [-0.3, -0.25) is 14.8 Å². The first-order chi connectivity index (χ1) is 23.1. The van der Waals surface area contributed by atoms with E-state index in [1.807, 2.05) is 4.90 Å². The van der Waals surface area contributed by atoms with Gasteiger partial charge in [-0.15, -0.1) is 13.2 Å². The molecule has 4 aliphatic rings. The number of rotatable bonds is 9. The van der Waals surface area contributed by atoms with Gasteiger partial charge >= 0.3 is 6.36 Å². The van der Waals surface area contributed by atoms with Gasteiger partial charge in [-0.2, -0.15) is 5.10 Å². The van der Waals surface area contributed by atoms with Crippen molar-refractivity contribution in [1.29, 1.82) is 0 Å². The number of hydrogen-bond donors (Lipinski definition) is 4. The van der Waals surface area contributed by atoms with Crippen LogP contribution in [0.2, 0.25) is 0 Å². The minimum atomic E-state index is -4.91. The van der Waals surface area contributed by atoms with Crippen LogP contribution in [0.5, 0.6) is 5.75 Å². The number of H-pyrrole nitrogens is 1. The Balaban J connectivity index is 1.16. The van der Waals surface area contributed by atoms with Gasteiger partial charge in [0, 0.05) is 81.3 Å². The summed E-state index contributed by atoms with van der Waals surface area (Å²) in [6, 6.07) is 6.68. The number of carbonyl (C=O) groups is 1. The summed E-state index contributed by atoms with van der Waals surface area (Å²) in [5.41, 5.74) is 7.04. The predicted octanol–water partition coefficient (Wildman–Crippen LogP) is 3.81. The number of alkyl halides is 3. The highest BCUT2D eigenvalue weighted by molar-refractivity contribution is 5.97. The van der Waals surface area contributed by atoms with Gasteiger partial charge in [0.05, 0.1) is 18.0 Å². The van der Waals surface area contributed by atoms with Gasteiger partial charge < -0.3 is 35.6 Å². The SMILES string of the molecule is CN1CCN(C2CCN(c3ccc(Nc4nc(NC5CCOCC56CC6)c(-c5ccn[nH]5)nc4C(N)=O)cc3OC(F)(F)F)CC2)CC1. The van der Waals surface area contributed by atoms with E-state index >= 15 is 0 Å². The average Bonchev–Trinajstić information content (AvgIpc) is 3.60. The maximum absolute atomic E-state index is 13.7. The first-order valence-electron chi connectivity index (χ1n) is 16.5. The molecule has 0 radical (unpaired) electrons. The molecular weight excluding hydrogens is 629 g/mol. The molecule has 1 unspecified atom stereocenters. The highest BCUT2D eigenvalue weighted by atomic mass is 19.4. The second-order valence-corrected chi connectivity index (χ2v) is 13.3. The number of anilines is 4. The number of piperazine rings is 1. The molecule has 4 fully saturated rings. The number of benzene rings is 1. The molecule has 5 N–H and O–H groups in total. The number of nitrogens with two attached hydrogens (primary N) is 1. The third kappa shape index (κ3) is 7.00. The van der Waals surface area contributed by atoms with Gasteiger partial charge in [0.2, 0.25) is 0 Å². The molecule has 1 atom stereocenters. The quantitative estimate of drug-likeness (QED) is 0.263. The van der Waals surface area contributed by atoms with Gasteiger partial charge in [-0.05, 0) is 57.4 Å². The summed E-state index contributed by atoms with van der Waals surface area (Å²) in [6.45, 7) is 6.47. The normalized spacial score (nSPS) is 22.1. The number of nitrogens with one attached hydrogen (secondary N) is 3. The van der Waals surface area contributed by atoms with Crippen LogP contribution >= 0.6 is 0 Å². The third-order valence-electron chi connectivity index (χ3n) is 10.1. The second kappa shape index (κ2) is 13.0. The lowest BCUT2D eigenvalue weighted by atomic mass is 9.92. The highest BCUT2D eigenvalue weighted by Gasteiger charge is 2.51. The number of likely N-dealkylation sites (N-methyl/N-ethyl adjacent to an activating group) is 1.